The molecule has 2 aliphatic rings. The average molecular weight is 434 g/mol. The molecule has 1 saturated heterocycles. The van der Waals surface area contributed by atoms with E-state index >= 15 is 0 Å². The van der Waals surface area contributed by atoms with Gasteiger partial charge in [0.05, 0.1) is 30.1 Å². The number of nitrogens with zero attached hydrogens (tertiary/aromatic N) is 3. The van der Waals surface area contributed by atoms with Crippen molar-refractivity contribution in [2.24, 2.45) is 11.0 Å². The number of carbonyl (C=O) groups excluding carboxylic acids is 3. The number of hydrogen-bond acceptors (Lipinski definition) is 6. The summed E-state index contributed by atoms with van der Waals surface area (Å²) in [7, 11) is 1.54. The van der Waals surface area contributed by atoms with Gasteiger partial charge in [0.2, 0.25) is 0 Å². The van der Waals surface area contributed by atoms with Gasteiger partial charge >= 0.3 is 0 Å². The second-order valence-electron chi connectivity index (χ2n) is 6.88. The van der Waals surface area contributed by atoms with E-state index in [1.54, 1.807) is 55.5 Å². The maximum Gasteiger partial charge on any atom is 0.269 e. The van der Waals surface area contributed by atoms with Crippen LogP contribution in [0.4, 0.5) is 11.4 Å². The van der Waals surface area contributed by atoms with E-state index in [1.807, 2.05) is 6.07 Å². The van der Waals surface area contributed by atoms with Crippen molar-refractivity contribution in [1.82, 2.24) is 5.32 Å². The molecule has 1 atom stereocenters. The molecule has 2 heterocycles. The zero-order valence-electron chi connectivity index (χ0n) is 16.7. The Hall–Kier alpha value is -3.85. The lowest BCUT2D eigenvalue weighted by Gasteiger charge is -2.29. The molecule has 2 aliphatic heterocycles. The standard InChI is InChI=1S/C22H18N4O4S/c1-13-17(21(29)26(24-13)15-6-4-3-5-7-15)12-18-19(27)23-22(31)25(20(18)28)14-8-10-16(30-2)11-9-14/h3-12,17H,1-2H3,(H,23,27,31)/b18-12+. The van der Waals surface area contributed by atoms with Crippen LogP contribution in [0.1, 0.15) is 6.92 Å². The Bertz CT molecular complexity index is 1140. The number of hydrogen-bond donors (Lipinski definition) is 1. The number of ether oxygens (including phenoxy) is 1. The van der Waals surface area contributed by atoms with Gasteiger partial charge in [-0.1, -0.05) is 18.2 Å². The number of nitrogens with one attached hydrogen (secondary N) is 1. The maximum absolute atomic E-state index is 13.2. The van der Waals surface area contributed by atoms with Gasteiger partial charge in [-0.3, -0.25) is 24.6 Å². The Labute approximate surface area is 183 Å². The molecule has 0 bridgehead atoms. The highest BCUT2D eigenvalue weighted by Gasteiger charge is 2.39. The summed E-state index contributed by atoms with van der Waals surface area (Å²) in [4.78, 5) is 39.9. The molecule has 156 valence electrons. The van der Waals surface area contributed by atoms with Crippen molar-refractivity contribution in [2.45, 2.75) is 6.92 Å². The molecule has 4 rings (SSSR count). The minimum atomic E-state index is -0.839. The monoisotopic (exact) mass is 434 g/mol. The zero-order chi connectivity index (χ0) is 22.1. The summed E-state index contributed by atoms with van der Waals surface area (Å²) in [6, 6.07) is 15.6. The van der Waals surface area contributed by atoms with Gasteiger partial charge in [0.1, 0.15) is 11.3 Å². The normalized spacial score (nSPS) is 20.3. The molecule has 0 aromatic heterocycles. The molecule has 1 N–H and O–H groups in total. The maximum atomic E-state index is 13.2. The fourth-order valence-corrected chi connectivity index (χ4v) is 3.62. The summed E-state index contributed by atoms with van der Waals surface area (Å²) in [6.07, 6.45) is 1.35. The smallest absolute Gasteiger partial charge is 0.269 e. The fourth-order valence-electron chi connectivity index (χ4n) is 3.34. The first-order chi connectivity index (χ1) is 14.9. The Morgan fingerprint density at radius 2 is 1.71 bits per heavy atom. The summed E-state index contributed by atoms with van der Waals surface area (Å²) in [5.74, 6) is -1.84. The van der Waals surface area contributed by atoms with Crippen molar-refractivity contribution in [3.63, 3.8) is 0 Å². The number of methoxy groups -OCH3 is 1. The lowest BCUT2D eigenvalue weighted by atomic mass is 9.98. The number of para-hydroxylation sites is 1. The summed E-state index contributed by atoms with van der Waals surface area (Å²) >= 11 is 5.20. The predicted molar refractivity (Wildman–Crippen MR) is 120 cm³/mol. The van der Waals surface area contributed by atoms with E-state index in [-0.39, 0.29) is 16.6 Å². The average Bonchev–Trinajstić information content (AvgIpc) is 3.05. The van der Waals surface area contributed by atoms with Crippen LogP contribution in [0.2, 0.25) is 0 Å². The van der Waals surface area contributed by atoms with E-state index in [0.717, 1.165) is 0 Å². The van der Waals surface area contributed by atoms with Crippen molar-refractivity contribution < 1.29 is 19.1 Å². The van der Waals surface area contributed by atoms with Crippen molar-refractivity contribution in [2.75, 3.05) is 17.0 Å². The number of carbonyl (C=O) groups is 3. The number of benzene rings is 2. The number of anilines is 2. The van der Waals surface area contributed by atoms with Crippen LogP contribution < -0.4 is 20.0 Å². The molecule has 31 heavy (non-hydrogen) atoms. The summed E-state index contributed by atoms with van der Waals surface area (Å²) < 4.78 is 5.13. The third kappa shape index (κ3) is 3.71. The molecule has 3 amide bonds. The Kier molecular flexibility index (Phi) is 5.35. The number of hydrazone groups is 1. The SMILES string of the molecule is COc1ccc(N2C(=O)/C(=C/C3C(=O)N(c4ccccc4)N=C3C)C(=O)NC2=S)cc1. The molecule has 0 spiro atoms. The second-order valence-corrected chi connectivity index (χ2v) is 7.27. The quantitative estimate of drug-likeness (QED) is 0.453. The van der Waals surface area contributed by atoms with Gasteiger partial charge in [0.15, 0.2) is 5.11 Å². The Morgan fingerprint density at radius 3 is 2.35 bits per heavy atom. The highest BCUT2D eigenvalue weighted by atomic mass is 32.1. The van der Waals surface area contributed by atoms with Gasteiger partial charge in [0.25, 0.3) is 17.7 Å². The minimum Gasteiger partial charge on any atom is -0.497 e. The minimum absolute atomic E-state index is 0.0358. The van der Waals surface area contributed by atoms with Crippen LogP contribution in [0.15, 0.2) is 71.3 Å². The van der Waals surface area contributed by atoms with E-state index in [1.165, 1.54) is 23.1 Å². The number of amides is 3. The molecule has 1 unspecified atom stereocenters. The molecular formula is C22H18N4O4S. The fraction of sp³-hybridized carbons (Fsp3) is 0.136. The molecule has 0 radical (unpaired) electrons. The van der Waals surface area contributed by atoms with Crippen molar-refractivity contribution in [3.8, 4) is 5.75 Å². The Balaban J connectivity index is 1.65. The topological polar surface area (TPSA) is 91.3 Å². The lowest BCUT2D eigenvalue weighted by molar-refractivity contribution is -0.122. The number of thiocarbonyl (C=S) groups is 1. The van der Waals surface area contributed by atoms with E-state index in [9.17, 15) is 14.4 Å². The van der Waals surface area contributed by atoms with Crippen LogP contribution in [0.3, 0.4) is 0 Å². The van der Waals surface area contributed by atoms with Crippen LogP contribution >= 0.6 is 12.2 Å². The molecule has 2 aromatic rings. The van der Waals surface area contributed by atoms with E-state index < -0.39 is 17.7 Å². The van der Waals surface area contributed by atoms with Crippen molar-refractivity contribution in [3.05, 3.63) is 66.2 Å². The van der Waals surface area contributed by atoms with Crippen LogP contribution in [-0.4, -0.2) is 35.7 Å². The molecule has 9 heteroatoms. The third-order valence-electron chi connectivity index (χ3n) is 4.95. The van der Waals surface area contributed by atoms with Gasteiger partial charge in [-0.15, -0.1) is 0 Å². The zero-order valence-corrected chi connectivity index (χ0v) is 17.6. The van der Waals surface area contributed by atoms with Gasteiger partial charge < -0.3 is 4.74 Å². The molecule has 0 saturated carbocycles. The van der Waals surface area contributed by atoms with Crippen LogP contribution in [0.25, 0.3) is 0 Å². The molecular weight excluding hydrogens is 416 g/mol. The summed E-state index contributed by atoms with van der Waals surface area (Å²) in [6.45, 7) is 1.68. The van der Waals surface area contributed by atoms with E-state index in [0.29, 0.717) is 22.8 Å². The molecule has 1 fully saturated rings. The Morgan fingerprint density at radius 1 is 1.03 bits per heavy atom. The van der Waals surface area contributed by atoms with Crippen molar-refractivity contribution >= 4 is 52.1 Å². The number of rotatable bonds is 4. The molecule has 0 aliphatic carbocycles. The second kappa shape index (κ2) is 8.11. The summed E-state index contributed by atoms with van der Waals surface area (Å²) in [5, 5.41) is 8.06. The van der Waals surface area contributed by atoms with Gasteiger partial charge in [0, 0.05) is 0 Å². The summed E-state index contributed by atoms with van der Waals surface area (Å²) in [5.41, 5.74) is 1.38. The first-order valence-corrected chi connectivity index (χ1v) is 9.81. The van der Waals surface area contributed by atoms with Crippen LogP contribution in [0.5, 0.6) is 5.75 Å². The van der Waals surface area contributed by atoms with Crippen LogP contribution in [-0.2, 0) is 14.4 Å². The highest BCUT2D eigenvalue weighted by Crippen LogP contribution is 2.28. The largest absolute Gasteiger partial charge is 0.497 e. The van der Waals surface area contributed by atoms with Gasteiger partial charge in [-0.2, -0.15) is 10.1 Å². The highest BCUT2D eigenvalue weighted by molar-refractivity contribution is 7.80. The van der Waals surface area contributed by atoms with Crippen LogP contribution in [0, 0.1) is 5.92 Å². The molecule has 8 nitrogen and oxygen atoms in total. The van der Waals surface area contributed by atoms with Gasteiger partial charge in [-0.05, 0) is 61.6 Å². The van der Waals surface area contributed by atoms with E-state index in [2.05, 4.69) is 10.4 Å². The predicted octanol–water partition coefficient (Wildman–Crippen LogP) is 2.41. The van der Waals surface area contributed by atoms with Crippen molar-refractivity contribution in [1.29, 1.82) is 0 Å². The molecule has 2 aromatic carbocycles. The first-order valence-electron chi connectivity index (χ1n) is 9.40. The third-order valence-corrected chi connectivity index (χ3v) is 5.23. The van der Waals surface area contributed by atoms with E-state index in [4.69, 9.17) is 17.0 Å². The lowest BCUT2D eigenvalue weighted by Crippen LogP contribution is -2.54. The van der Waals surface area contributed by atoms with Gasteiger partial charge in [-0.25, -0.2) is 0 Å². The first kappa shape index (κ1) is 20.4.